The van der Waals surface area contributed by atoms with Crippen molar-refractivity contribution in [2.45, 2.75) is 20.8 Å². The van der Waals surface area contributed by atoms with Crippen LogP contribution in [-0.2, 0) is 0 Å². The number of allylic oxidation sites excluding steroid dienone is 4. The Morgan fingerprint density at radius 2 is 1.57 bits per heavy atom. The summed E-state index contributed by atoms with van der Waals surface area (Å²) in [5.74, 6) is 0.770. The van der Waals surface area contributed by atoms with E-state index >= 15 is 0 Å². The van der Waals surface area contributed by atoms with Gasteiger partial charge in [-0.25, -0.2) is 4.58 Å². The van der Waals surface area contributed by atoms with Crippen LogP contribution in [0.2, 0.25) is 0 Å². The summed E-state index contributed by atoms with van der Waals surface area (Å²) in [4.78, 5) is 0. The summed E-state index contributed by atoms with van der Waals surface area (Å²) >= 11 is 0. The van der Waals surface area contributed by atoms with E-state index in [4.69, 9.17) is 0 Å². The molecule has 1 saturated carbocycles. The van der Waals surface area contributed by atoms with Gasteiger partial charge in [-0.3, -0.25) is 0 Å². The summed E-state index contributed by atoms with van der Waals surface area (Å²) in [7, 11) is 4.17. The van der Waals surface area contributed by atoms with Crippen LogP contribution in [-0.4, -0.2) is 24.4 Å². The van der Waals surface area contributed by atoms with Crippen molar-refractivity contribution in [1.29, 1.82) is 0 Å². The number of hydrogen-bond donors (Lipinski definition) is 0. The first-order valence-electron chi connectivity index (χ1n) is 5.34. The fourth-order valence-corrected chi connectivity index (χ4v) is 2.67. The van der Waals surface area contributed by atoms with Gasteiger partial charge in [-0.2, -0.15) is 0 Å². The van der Waals surface area contributed by atoms with Crippen LogP contribution in [0.4, 0.5) is 0 Å². The first-order chi connectivity index (χ1) is 6.42. The maximum absolute atomic E-state index is 2.38. The molecule has 0 bridgehead atoms. The molecule has 0 aliphatic heterocycles. The predicted octanol–water partition coefficient (Wildman–Crippen LogP) is 2.49. The highest BCUT2D eigenvalue weighted by atomic mass is 14.9. The lowest BCUT2D eigenvalue weighted by Crippen LogP contribution is -2.14. The standard InChI is InChI=1S/C13H20N/c1-10-12(2,3)13(10)8-6-11(7-9-13)14(4)5/h6-10H,1-5H3/q+1. The second-order valence-electron chi connectivity index (χ2n) is 5.36. The van der Waals surface area contributed by atoms with Crippen LogP contribution in [0.1, 0.15) is 20.8 Å². The lowest BCUT2D eigenvalue weighted by atomic mass is 9.91. The normalized spacial score (nSPS) is 37.8. The van der Waals surface area contributed by atoms with Gasteiger partial charge in [-0.05, 0) is 11.3 Å². The number of hydrogen-bond acceptors (Lipinski definition) is 0. The van der Waals surface area contributed by atoms with Crippen LogP contribution in [0, 0.1) is 16.7 Å². The van der Waals surface area contributed by atoms with Gasteiger partial charge >= 0.3 is 0 Å². The van der Waals surface area contributed by atoms with Crippen LogP contribution in [0.3, 0.4) is 0 Å². The van der Waals surface area contributed by atoms with E-state index in [1.807, 2.05) is 0 Å². The zero-order valence-corrected chi connectivity index (χ0v) is 9.83. The van der Waals surface area contributed by atoms with Crippen LogP contribution < -0.4 is 0 Å². The van der Waals surface area contributed by atoms with Gasteiger partial charge in [0, 0.05) is 17.6 Å². The van der Waals surface area contributed by atoms with Gasteiger partial charge in [0.2, 0.25) is 0 Å². The number of rotatable bonds is 0. The molecule has 0 radical (unpaired) electrons. The smallest absolute Gasteiger partial charge is 0.198 e. The van der Waals surface area contributed by atoms with E-state index in [9.17, 15) is 0 Å². The SMILES string of the molecule is CC1C(C)(C)C12C=CC(=[N+](C)C)C=C2. The van der Waals surface area contributed by atoms with Gasteiger partial charge in [0.25, 0.3) is 0 Å². The summed E-state index contributed by atoms with van der Waals surface area (Å²) < 4.78 is 2.15. The molecule has 0 heterocycles. The van der Waals surface area contributed by atoms with Crippen molar-refractivity contribution in [2.24, 2.45) is 16.7 Å². The molecule has 1 nitrogen and oxygen atoms in total. The van der Waals surface area contributed by atoms with Crippen LogP contribution >= 0.6 is 0 Å². The molecule has 2 aliphatic rings. The fourth-order valence-electron chi connectivity index (χ4n) is 2.67. The number of nitrogens with zero attached hydrogens (tertiary/aromatic N) is 1. The lowest BCUT2D eigenvalue weighted by Gasteiger charge is -2.13. The van der Waals surface area contributed by atoms with E-state index in [1.54, 1.807) is 0 Å². The van der Waals surface area contributed by atoms with E-state index in [2.05, 4.69) is 63.7 Å². The Balaban J connectivity index is 2.31. The zero-order valence-electron chi connectivity index (χ0n) is 9.83. The Bertz CT molecular complexity index is 335. The van der Waals surface area contributed by atoms with Crippen molar-refractivity contribution in [3.05, 3.63) is 24.3 Å². The predicted molar refractivity (Wildman–Crippen MR) is 60.8 cm³/mol. The first-order valence-corrected chi connectivity index (χ1v) is 5.34. The highest BCUT2D eigenvalue weighted by Gasteiger charge is 2.65. The lowest BCUT2D eigenvalue weighted by molar-refractivity contribution is -0.462. The molecule has 1 atom stereocenters. The van der Waals surface area contributed by atoms with E-state index in [0.717, 1.165) is 5.92 Å². The molecule has 0 aromatic rings. The van der Waals surface area contributed by atoms with Gasteiger partial charge < -0.3 is 0 Å². The molecule has 1 unspecified atom stereocenters. The van der Waals surface area contributed by atoms with Crippen molar-refractivity contribution >= 4 is 5.71 Å². The average Bonchev–Trinajstić information content (AvgIpc) is 2.52. The molecule has 1 fully saturated rings. The van der Waals surface area contributed by atoms with Crippen molar-refractivity contribution in [1.82, 2.24) is 0 Å². The fraction of sp³-hybridized carbons (Fsp3) is 0.615. The Labute approximate surface area is 86.8 Å². The second kappa shape index (κ2) is 2.59. The van der Waals surface area contributed by atoms with Crippen molar-refractivity contribution in [3.63, 3.8) is 0 Å². The first kappa shape index (κ1) is 9.70. The topological polar surface area (TPSA) is 3.01 Å². The van der Waals surface area contributed by atoms with Crippen molar-refractivity contribution < 1.29 is 4.58 Å². The molecule has 0 N–H and O–H groups in total. The Morgan fingerprint density at radius 3 is 1.86 bits per heavy atom. The third-order valence-electron chi connectivity index (χ3n) is 4.41. The third kappa shape index (κ3) is 0.985. The quantitative estimate of drug-likeness (QED) is 0.516. The largest absolute Gasteiger partial charge is 0.235 e. The summed E-state index contributed by atoms with van der Waals surface area (Å²) in [6, 6.07) is 0. The monoisotopic (exact) mass is 190 g/mol. The molecule has 76 valence electrons. The van der Waals surface area contributed by atoms with E-state index < -0.39 is 0 Å². The highest BCUT2D eigenvalue weighted by Crippen LogP contribution is 2.70. The van der Waals surface area contributed by atoms with Crippen LogP contribution in [0.25, 0.3) is 0 Å². The molecule has 0 aromatic carbocycles. The third-order valence-corrected chi connectivity index (χ3v) is 4.41. The highest BCUT2D eigenvalue weighted by molar-refractivity contribution is 6.01. The van der Waals surface area contributed by atoms with Gasteiger partial charge in [-0.1, -0.05) is 32.9 Å². The molecule has 0 aromatic heterocycles. The average molecular weight is 190 g/mol. The van der Waals surface area contributed by atoms with Gasteiger partial charge in [-0.15, -0.1) is 0 Å². The minimum atomic E-state index is 0.340. The van der Waals surface area contributed by atoms with Crippen LogP contribution in [0.15, 0.2) is 24.3 Å². The summed E-state index contributed by atoms with van der Waals surface area (Å²) in [5.41, 5.74) is 2.08. The minimum Gasteiger partial charge on any atom is -0.235 e. The van der Waals surface area contributed by atoms with Gasteiger partial charge in [0.15, 0.2) is 5.71 Å². The molecule has 0 amide bonds. The second-order valence-corrected chi connectivity index (χ2v) is 5.36. The van der Waals surface area contributed by atoms with Crippen LogP contribution in [0.5, 0.6) is 0 Å². The molecule has 2 rings (SSSR count). The molecule has 14 heavy (non-hydrogen) atoms. The molecular weight excluding hydrogens is 170 g/mol. The van der Waals surface area contributed by atoms with Gasteiger partial charge in [0.1, 0.15) is 14.1 Å². The maximum Gasteiger partial charge on any atom is 0.198 e. The minimum absolute atomic E-state index is 0.340. The van der Waals surface area contributed by atoms with E-state index in [0.29, 0.717) is 10.8 Å². The molecular formula is C13H20N+. The maximum atomic E-state index is 2.38. The molecule has 0 saturated heterocycles. The summed E-state index contributed by atoms with van der Waals surface area (Å²) in [5, 5.41) is 0. The van der Waals surface area contributed by atoms with E-state index in [-0.39, 0.29) is 0 Å². The molecule has 1 heteroatoms. The van der Waals surface area contributed by atoms with E-state index in [1.165, 1.54) is 5.71 Å². The molecule has 1 spiro atoms. The van der Waals surface area contributed by atoms with Crippen molar-refractivity contribution in [3.8, 4) is 0 Å². The summed E-state index contributed by atoms with van der Waals surface area (Å²) in [6.07, 6.45) is 9.27. The zero-order chi connectivity index (χ0) is 10.6. The summed E-state index contributed by atoms with van der Waals surface area (Å²) in [6.45, 7) is 7.05. The molecule has 2 aliphatic carbocycles. The Kier molecular flexibility index (Phi) is 1.79. The van der Waals surface area contributed by atoms with Gasteiger partial charge in [0.05, 0.1) is 0 Å². The van der Waals surface area contributed by atoms with Crippen molar-refractivity contribution in [2.75, 3.05) is 14.1 Å². The Morgan fingerprint density at radius 1 is 1.14 bits per heavy atom. The Hall–Kier alpha value is -0.850.